The Kier molecular flexibility index (Phi) is 13.1. The molecule has 2 amide bonds. The minimum Gasteiger partial charge on any atom is -0.324 e. The summed E-state index contributed by atoms with van der Waals surface area (Å²) in [6, 6.07) is 38.5. The van der Waals surface area contributed by atoms with Gasteiger partial charge in [0.25, 0.3) is 11.8 Å². The monoisotopic (exact) mass is 872 g/mol. The van der Waals surface area contributed by atoms with Crippen molar-refractivity contribution in [2.75, 3.05) is 47.4 Å². The summed E-state index contributed by atoms with van der Waals surface area (Å²) in [7, 11) is 0. The number of benzene rings is 4. The van der Waals surface area contributed by atoms with Crippen molar-refractivity contribution in [2.24, 2.45) is 0 Å². The Hall–Kier alpha value is -8.20. The van der Waals surface area contributed by atoms with Gasteiger partial charge in [0.15, 0.2) is 0 Å². The number of anilines is 6. The molecule has 0 radical (unpaired) electrons. The van der Waals surface area contributed by atoms with Crippen LogP contribution in [0.15, 0.2) is 159 Å². The van der Waals surface area contributed by atoms with Gasteiger partial charge < -0.3 is 21.3 Å². The highest BCUT2D eigenvalue weighted by Gasteiger charge is 2.18. The molecule has 0 atom stereocenters. The molecule has 5 heterocycles. The van der Waals surface area contributed by atoms with E-state index in [9.17, 15) is 9.59 Å². The summed E-state index contributed by atoms with van der Waals surface area (Å²) < 4.78 is 0. The third-order valence-corrected chi connectivity index (χ3v) is 11.4. The quantitative estimate of drug-likeness (QED) is 0.0820. The number of pyridine rings is 2. The largest absolute Gasteiger partial charge is 0.324 e. The Morgan fingerprint density at radius 3 is 1.62 bits per heavy atom. The molecule has 1 saturated heterocycles. The summed E-state index contributed by atoms with van der Waals surface area (Å²) in [5.74, 6) is 0.541. The van der Waals surface area contributed by atoms with Crippen LogP contribution >= 0.6 is 0 Å². The average Bonchev–Trinajstić information content (AvgIpc) is 3.35. The minimum absolute atomic E-state index is 0.181. The standard InChI is InChI=1S/C52H48N12O2/c1-35-8-18-43(28-47(35)61-51-56-31-42(32-57-51)45-7-3-4-22-54-45)58-49(65)39-14-10-37(11-15-39)33-63-24-26-64(27-25-63)34-38-12-16-40(17-13-38)50(66)59-44-19-9-36(2)48(29-44)62-52-55-23-20-46(60-52)41-6-5-21-53-30-41/h3-23,28-32H,24-27,33-34H2,1-2H3,(H,58,65)(H,59,66)(H,55,60,62)(H,56,57,61). The lowest BCUT2D eigenvalue weighted by Gasteiger charge is -2.34. The fourth-order valence-electron chi connectivity index (χ4n) is 7.61. The number of rotatable bonds is 14. The van der Waals surface area contributed by atoms with Gasteiger partial charge >= 0.3 is 0 Å². The fourth-order valence-corrected chi connectivity index (χ4v) is 7.61. The lowest BCUT2D eigenvalue weighted by molar-refractivity contribution is 0.101. The van der Waals surface area contributed by atoms with E-state index in [4.69, 9.17) is 0 Å². The van der Waals surface area contributed by atoms with Gasteiger partial charge in [-0.3, -0.25) is 29.4 Å². The second kappa shape index (κ2) is 20.1. The Balaban J connectivity index is 0.719. The number of carbonyl (C=O) groups is 2. The minimum atomic E-state index is -0.182. The normalized spacial score (nSPS) is 12.9. The van der Waals surface area contributed by atoms with Crippen molar-refractivity contribution in [2.45, 2.75) is 26.9 Å². The Morgan fingerprint density at radius 2 is 1.09 bits per heavy atom. The molecule has 1 aliphatic heterocycles. The molecule has 0 saturated carbocycles. The van der Waals surface area contributed by atoms with Crippen molar-refractivity contribution in [1.82, 2.24) is 39.7 Å². The number of hydrogen-bond donors (Lipinski definition) is 4. The van der Waals surface area contributed by atoms with Crippen LogP contribution in [0.5, 0.6) is 0 Å². The smallest absolute Gasteiger partial charge is 0.255 e. The van der Waals surface area contributed by atoms with E-state index < -0.39 is 0 Å². The lowest BCUT2D eigenvalue weighted by Crippen LogP contribution is -2.45. The zero-order chi connectivity index (χ0) is 45.2. The lowest BCUT2D eigenvalue weighted by atomic mass is 10.1. The number of aromatic nitrogens is 6. The summed E-state index contributed by atoms with van der Waals surface area (Å²) >= 11 is 0. The third kappa shape index (κ3) is 10.9. The van der Waals surface area contributed by atoms with Gasteiger partial charge in [0.2, 0.25) is 11.9 Å². The van der Waals surface area contributed by atoms with Crippen LogP contribution in [0.25, 0.3) is 22.5 Å². The molecule has 4 N–H and O–H groups in total. The van der Waals surface area contributed by atoms with Crippen molar-refractivity contribution >= 4 is 46.5 Å². The van der Waals surface area contributed by atoms with E-state index in [0.29, 0.717) is 34.4 Å². The molecule has 328 valence electrons. The molecule has 66 heavy (non-hydrogen) atoms. The maximum absolute atomic E-state index is 13.3. The number of piperazine rings is 1. The fraction of sp³-hybridized carbons (Fsp3) is 0.154. The van der Waals surface area contributed by atoms with E-state index in [1.54, 1.807) is 37.2 Å². The van der Waals surface area contributed by atoms with Crippen LogP contribution in [-0.4, -0.2) is 77.7 Å². The molecule has 0 unspecified atom stereocenters. The topological polar surface area (TPSA) is 166 Å². The van der Waals surface area contributed by atoms with Gasteiger partial charge in [-0.1, -0.05) is 42.5 Å². The van der Waals surface area contributed by atoms with Crippen LogP contribution < -0.4 is 21.3 Å². The van der Waals surface area contributed by atoms with Crippen LogP contribution in [0.1, 0.15) is 43.0 Å². The van der Waals surface area contributed by atoms with Crippen molar-refractivity contribution < 1.29 is 9.59 Å². The Bertz CT molecular complexity index is 2930. The van der Waals surface area contributed by atoms with E-state index in [0.717, 1.165) is 95.4 Å². The molecular weight excluding hydrogens is 825 g/mol. The molecule has 4 aromatic heterocycles. The zero-order valence-electron chi connectivity index (χ0n) is 36.6. The molecule has 0 spiro atoms. The first-order valence-corrected chi connectivity index (χ1v) is 21.8. The molecule has 4 aromatic carbocycles. The van der Waals surface area contributed by atoms with Gasteiger partial charge in [-0.2, -0.15) is 0 Å². The second-order valence-electron chi connectivity index (χ2n) is 16.2. The second-order valence-corrected chi connectivity index (χ2v) is 16.2. The van der Waals surface area contributed by atoms with Crippen LogP contribution in [0.4, 0.5) is 34.6 Å². The predicted molar refractivity (Wildman–Crippen MR) is 259 cm³/mol. The Morgan fingerprint density at radius 1 is 0.515 bits per heavy atom. The maximum Gasteiger partial charge on any atom is 0.255 e. The van der Waals surface area contributed by atoms with E-state index in [-0.39, 0.29) is 11.8 Å². The van der Waals surface area contributed by atoms with Crippen molar-refractivity contribution in [3.8, 4) is 22.5 Å². The molecule has 0 bridgehead atoms. The summed E-state index contributed by atoms with van der Waals surface area (Å²) in [5.41, 5.74) is 11.7. The zero-order valence-corrected chi connectivity index (χ0v) is 36.6. The van der Waals surface area contributed by atoms with Crippen molar-refractivity contribution in [3.63, 3.8) is 0 Å². The van der Waals surface area contributed by atoms with Crippen molar-refractivity contribution in [3.05, 3.63) is 192 Å². The highest BCUT2D eigenvalue weighted by atomic mass is 16.2. The van der Waals surface area contributed by atoms with Gasteiger partial charge in [-0.05, 0) is 115 Å². The van der Waals surface area contributed by atoms with E-state index in [2.05, 4.69) is 61.0 Å². The first-order valence-electron chi connectivity index (χ1n) is 21.8. The van der Waals surface area contributed by atoms with Gasteiger partial charge in [-0.25, -0.2) is 19.9 Å². The Labute approximate surface area is 383 Å². The number of nitrogens with zero attached hydrogens (tertiary/aromatic N) is 8. The summed E-state index contributed by atoms with van der Waals surface area (Å²) in [6.45, 7) is 9.32. The highest BCUT2D eigenvalue weighted by molar-refractivity contribution is 6.05. The SMILES string of the molecule is Cc1ccc(NC(=O)c2ccc(CN3CCN(Cc4ccc(C(=O)Nc5ccc(C)c(Nc6nccc(-c7cccnc7)n6)c5)cc4)CC3)cc2)cc1Nc1ncc(-c2ccccn2)cn1. The number of nitrogens with one attached hydrogen (secondary N) is 4. The van der Waals surface area contributed by atoms with E-state index in [1.807, 2.05) is 135 Å². The first-order chi connectivity index (χ1) is 32.3. The summed E-state index contributed by atoms with van der Waals surface area (Å²) in [4.78, 5) is 57.9. The van der Waals surface area contributed by atoms with E-state index >= 15 is 0 Å². The first kappa shape index (κ1) is 43.1. The van der Waals surface area contributed by atoms with Gasteiger partial charge in [0.1, 0.15) is 0 Å². The number of carbonyl (C=O) groups excluding carboxylic acids is 2. The van der Waals surface area contributed by atoms with Crippen molar-refractivity contribution in [1.29, 1.82) is 0 Å². The molecule has 1 aliphatic rings. The molecule has 9 rings (SSSR count). The van der Waals surface area contributed by atoms with E-state index in [1.165, 1.54) is 0 Å². The van der Waals surface area contributed by atoms with Gasteiger partial charge in [-0.15, -0.1) is 0 Å². The maximum atomic E-state index is 13.3. The van der Waals surface area contributed by atoms with Crippen LogP contribution in [-0.2, 0) is 13.1 Å². The van der Waals surface area contributed by atoms with Gasteiger partial charge in [0, 0.05) is 121 Å². The molecular formula is C52H48N12O2. The average molecular weight is 873 g/mol. The third-order valence-electron chi connectivity index (χ3n) is 11.4. The van der Waals surface area contributed by atoms with Crippen LogP contribution in [0.2, 0.25) is 0 Å². The highest BCUT2D eigenvalue weighted by Crippen LogP contribution is 2.27. The molecule has 8 aromatic rings. The molecule has 0 aliphatic carbocycles. The molecule has 14 heteroatoms. The van der Waals surface area contributed by atoms with Crippen LogP contribution in [0, 0.1) is 13.8 Å². The number of aryl methyl sites for hydroxylation is 2. The predicted octanol–water partition coefficient (Wildman–Crippen LogP) is 9.32. The van der Waals surface area contributed by atoms with Gasteiger partial charge in [0.05, 0.1) is 11.4 Å². The summed E-state index contributed by atoms with van der Waals surface area (Å²) in [5, 5.41) is 12.6. The summed E-state index contributed by atoms with van der Waals surface area (Å²) in [6.07, 6.45) is 10.4. The number of hydrogen-bond acceptors (Lipinski definition) is 12. The molecule has 1 fully saturated rings. The molecule has 14 nitrogen and oxygen atoms in total. The number of amides is 2. The van der Waals surface area contributed by atoms with Crippen LogP contribution in [0.3, 0.4) is 0 Å².